The summed E-state index contributed by atoms with van der Waals surface area (Å²) in [4.78, 5) is 26.4. The fraction of sp³-hybridized carbons (Fsp3) is 0.278. The molecule has 0 radical (unpaired) electrons. The summed E-state index contributed by atoms with van der Waals surface area (Å²) in [6, 6.07) is 7.85. The molecule has 126 valence electrons. The molecule has 0 aliphatic carbocycles. The molecule has 0 aliphatic rings. The van der Waals surface area contributed by atoms with Gasteiger partial charge in [-0.1, -0.05) is 18.2 Å². The van der Waals surface area contributed by atoms with Crippen LogP contribution >= 0.6 is 0 Å². The molecule has 4 aromatic rings. The molecule has 7 heteroatoms. The van der Waals surface area contributed by atoms with Crippen molar-refractivity contribution >= 4 is 21.9 Å². The Labute approximate surface area is 144 Å². The highest BCUT2D eigenvalue weighted by molar-refractivity contribution is 5.80. The van der Waals surface area contributed by atoms with E-state index in [1.807, 2.05) is 49.6 Å². The Balaban J connectivity index is 1.83. The van der Waals surface area contributed by atoms with Gasteiger partial charge in [-0.2, -0.15) is 5.10 Å². The number of aryl methyl sites for hydroxylation is 3. The van der Waals surface area contributed by atoms with Crippen LogP contribution in [0.4, 0.5) is 0 Å². The molecular formula is C18H18N6O. The number of imidazole rings is 1. The number of benzene rings is 1. The van der Waals surface area contributed by atoms with Crippen LogP contribution in [0.25, 0.3) is 21.9 Å². The number of fused-ring (bicyclic) bond motifs is 2. The number of nitrogens with zero attached hydrogens (tertiary/aromatic N) is 6. The molecule has 0 N–H and O–H groups in total. The quantitative estimate of drug-likeness (QED) is 0.574. The fourth-order valence-corrected chi connectivity index (χ4v) is 3.20. The second-order valence-corrected chi connectivity index (χ2v) is 5.99. The highest BCUT2D eigenvalue weighted by Gasteiger charge is 2.14. The van der Waals surface area contributed by atoms with Gasteiger partial charge in [-0.25, -0.2) is 19.6 Å². The van der Waals surface area contributed by atoms with E-state index in [1.165, 1.54) is 4.68 Å². The Morgan fingerprint density at radius 3 is 2.64 bits per heavy atom. The van der Waals surface area contributed by atoms with E-state index in [1.54, 1.807) is 6.20 Å². The Morgan fingerprint density at radius 2 is 1.84 bits per heavy atom. The van der Waals surface area contributed by atoms with Gasteiger partial charge in [0, 0.05) is 17.6 Å². The molecule has 1 aromatic carbocycles. The third-order valence-corrected chi connectivity index (χ3v) is 4.39. The molecule has 3 aromatic heterocycles. The minimum Gasteiger partial charge on any atom is -0.324 e. The van der Waals surface area contributed by atoms with Crippen LogP contribution in [0.3, 0.4) is 0 Å². The van der Waals surface area contributed by atoms with E-state index in [0.29, 0.717) is 23.4 Å². The fourth-order valence-electron chi connectivity index (χ4n) is 3.20. The van der Waals surface area contributed by atoms with E-state index < -0.39 is 0 Å². The van der Waals surface area contributed by atoms with Gasteiger partial charge < -0.3 is 4.57 Å². The van der Waals surface area contributed by atoms with Gasteiger partial charge in [0.15, 0.2) is 5.82 Å². The summed E-state index contributed by atoms with van der Waals surface area (Å²) < 4.78 is 3.31. The predicted octanol–water partition coefficient (Wildman–Crippen LogP) is 2.22. The molecule has 25 heavy (non-hydrogen) atoms. The summed E-state index contributed by atoms with van der Waals surface area (Å²) >= 11 is 0. The summed E-state index contributed by atoms with van der Waals surface area (Å²) in [7, 11) is 0. The Morgan fingerprint density at radius 1 is 1.04 bits per heavy atom. The maximum atomic E-state index is 12.9. The van der Waals surface area contributed by atoms with Crippen molar-refractivity contribution in [2.45, 2.75) is 33.9 Å². The number of aromatic nitrogens is 6. The molecule has 0 saturated heterocycles. The first-order valence-electron chi connectivity index (χ1n) is 8.23. The third kappa shape index (κ3) is 2.48. The SMILES string of the molecule is CCn1c(C)nc2cnn(Cc3nc(C)c4ccccc4n3)c(=O)c21. The average Bonchev–Trinajstić information content (AvgIpc) is 2.93. The predicted molar refractivity (Wildman–Crippen MR) is 95.6 cm³/mol. The Hall–Kier alpha value is -3.09. The van der Waals surface area contributed by atoms with E-state index in [-0.39, 0.29) is 12.1 Å². The summed E-state index contributed by atoms with van der Waals surface area (Å²) in [5.74, 6) is 1.39. The van der Waals surface area contributed by atoms with E-state index >= 15 is 0 Å². The molecular weight excluding hydrogens is 316 g/mol. The third-order valence-electron chi connectivity index (χ3n) is 4.39. The Bertz CT molecular complexity index is 1160. The largest absolute Gasteiger partial charge is 0.324 e. The summed E-state index contributed by atoms with van der Waals surface area (Å²) in [6.07, 6.45) is 1.63. The van der Waals surface area contributed by atoms with Crippen molar-refractivity contribution < 1.29 is 0 Å². The highest BCUT2D eigenvalue weighted by atomic mass is 16.1. The smallest absolute Gasteiger partial charge is 0.293 e. The van der Waals surface area contributed by atoms with Gasteiger partial charge in [0.25, 0.3) is 5.56 Å². The lowest BCUT2D eigenvalue weighted by Gasteiger charge is -2.08. The zero-order valence-electron chi connectivity index (χ0n) is 14.4. The van der Waals surface area contributed by atoms with Gasteiger partial charge in [0.05, 0.1) is 11.7 Å². The molecule has 0 saturated carbocycles. The van der Waals surface area contributed by atoms with E-state index in [0.717, 1.165) is 22.4 Å². The van der Waals surface area contributed by atoms with E-state index in [4.69, 9.17) is 0 Å². The topological polar surface area (TPSA) is 78.5 Å². The second-order valence-electron chi connectivity index (χ2n) is 5.99. The van der Waals surface area contributed by atoms with Crippen molar-refractivity contribution in [2.24, 2.45) is 0 Å². The number of hydrogen-bond acceptors (Lipinski definition) is 5. The number of hydrogen-bond donors (Lipinski definition) is 0. The van der Waals surface area contributed by atoms with Gasteiger partial charge in [-0.15, -0.1) is 0 Å². The maximum absolute atomic E-state index is 12.9. The van der Waals surface area contributed by atoms with Crippen LogP contribution in [-0.4, -0.2) is 29.3 Å². The van der Waals surface area contributed by atoms with Crippen LogP contribution in [0.5, 0.6) is 0 Å². The lowest BCUT2D eigenvalue weighted by molar-refractivity contribution is 0.616. The molecule has 0 bridgehead atoms. The standard InChI is InChI=1S/C18H18N6O/c1-4-23-12(3)21-15-9-19-24(18(25)17(15)23)10-16-20-11(2)13-7-5-6-8-14(13)22-16/h5-9H,4,10H2,1-3H3. The first kappa shape index (κ1) is 15.4. The number of rotatable bonds is 3. The highest BCUT2D eigenvalue weighted by Crippen LogP contribution is 2.15. The van der Waals surface area contributed by atoms with Crippen molar-refractivity contribution in [3.63, 3.8) is 0 Å². The minimum absolute atomic E-state index is 0.172. The molecule has 0 spiro atoms. The second kappa shape index (κ2) is 5.77. The lowest BCUT2D eigenvalue weighted by Crippen LogP contribution is -2.26. The van der Waals surface area contributed by atoms with Crippen LogP contribution in [0.15, 0.2) is 35.3 Å². The van der Waals surface area contributed by atoms with Crippen LogP contribution in [0.1, 0.15) is 24.3 Å². The van der Waals surface area contributed by atoms with Crippen molar-refractivity contribution in [1.82, 2.24) is 29.3 Å². The first-order valence-corrected chi connectivity index (χ1v) is 8.23. The van der Waals surface area contributed by atoms with E-state index in [9.17, 15) is 4.79 Å². The molecule has 0 fully saturated rings. The van der Waals surface area contributed by atoms with Gasteiger partial charge in [-0.3, -0.25) is 4.79 Å². The molecule has 0 atom stereocenters. The minimum atomic E-state index is -0.172. The van der Waals surface area contributed by atoms with Crippen molar-refractivity contribution in [3.05, 3.63) is 58.2 Å². The van der Waals surface area contributed by atoms with Gasteiger partial charge in [-0.05, 0) is 26.8 Å². The normalized spacial score (nSPS) is 11.5. The monoisotopic (exact) mass is 334 g/mol. The van der Waals surface area contributed by atoms with Crippen LogP contribution in [0, 0.1) is 13.8 Å². The van der Waals surface area contributed by atoms with Crippen LogP contribution < -0.4 is 5.56 Å². The first-order chi connectivity index (χ1) is 12.1. The zero-order valence-corrected chi connectivity index (χ0v) is 14.4. The van der Waals surface area contributed by atoms with Crippen molar-refractivity contribution in [3.8, 4) is 0 Å². The average molecular weight is 334 g/mol. The number of para-hydroxylation sites is 1. The molecule has 7 nitrogen and oxygen atoms in total. The van der Waals surface area contributed by atoms with Crippen molar-refractivity contribution in [2.75, 3.05) is 0 Å². The molecule has 0 unspecified atom stereocenters. The molecule has 0 aliphatic heterocycles. The van der Waals surface area contributed by atoms with Gasteiger partial charge >= 0.3 is 0 Å². The zero-order chi connectivity index (χ0) is 17.6. The lowest BCUT2D eigenvalue weighted by atomic mass is 10.2. The molecule has 4 rings (SSSR count). The molecule has 3 heterocycles. The summed E-state index contributed by atoms with van der Waals surface area (Å²) in [5, 5.41) is 5.26. The summed E-state index contributed by atoms with van der Waals surface area (Å²) in [5.41, 5.74) is 2.79. The van der Waals surface area contributed by atoms with Crippen LogP contribution in [-0.2, 0) is 13.1 Å². The van der Waals surface area contributed by atoms with Gasteiger partial charge in [0.2, 0.25) is 0 Å². The van der Waals surface area contributed by atoms with Crippen molar-refractivity contribution in [1.29, 1.82) is 0 Å². The Kier molecular flexibility index (Phi) is 3.56. The summed E-state index contributed by atoms with van der Waals surface area (Å²) in [6.45, 7) is 6.75. The maximum Gasteiger partial charge on any atom is 0.293 e. The van der Waals surface area contributed by atoms with Gasteiger partial charge in [0.1, 0.15) is 23.4 Å². The van der Waals surface area contributed by atoms with E-state index in [2.05, 4.69) is 20.1 Å². The molecule has 0 amide bonds. The van der Waals surface area contributed by atoms with Crippen LogP contribution in [0.2, 0.25) is 0 Å².